The summed E-state index contributed by atoms with van der Waals surface area (Å²) in [5.74, 6) is -0.832. The maximum atomic E-state index is 11.6. The van der Waals surface area contributed by atoms with Crippen LogP contribution >= 0.6 is 0 Å². The topological polar surface area (TPSA) is 63.7 Å². The molecular formula is C12H11NO4. The standard InChI is InChI=1S/C12H11NO4/c1-7(14)13-6-11(15)9-4-3-8(5-10(9)13)12(16)17-2/h3-5H,6H2,1-2H3. The summed E-state index contributed by atoms with van der Waals surface area (Å²) in [5, 5.41) is 0. The fourth-order valence-electron chi connectivity index (χ4n) is 1.83. The molecule has 5 heteroatoms. The first-order valence-electron chi connectivity index (χ1n) is 5.08. The minimum absolute atomic E-state index is 0.0370. The molecule has 1 aliphatic rings. The normalized spacial score (nSPS) is 13.5. The summed E-state index contributed by atoms with van der Waals surface area (Å²) in [4.78, 5) is 35.7. The van der Waals surface area contributed by atoms with Crippen molar-refractivity contribution in [1.82, 2.24) is 0 Å². The number of amides is 1. The quantitative estimate of drug-likeness (QED) is 0.679. The molecule has 1 aliphatic heterocycles. The Hall–Kier alpha value is -2.17. The van der Waals surface area contributed by atoms with Crippen molar-refractivity contribution in [3.63, 3.8) is 0 Å². The van der Waals surface area contributed by atoms with Gasteiger partial charge in [0.1, 0.15) is 0 Å². The van der Waals surface area contributed by atoms with Crippen molar-refractivity contribution in [1.29, 1.82) is 0 Å². The zero-order chi connectivity index (χ0) is 12.6. The minimum atomic E-state index is -0.490. The van der Waals surface area contributed by atoms with Crippen molar-refractivity contribution in [2.75, 3.05) is 18.6 Å². The lowest BCUT2D eigenvalue weighted by Crippen LogP contribution is -2.27. The Morgan fingerprint density at radius 3 is 2.65 bits per heavy atom. The highest BCUT2D eigenvalue weighted by molar-refractivity contribution is 6.16. The number of fused-ring (bicyclic) bond motifs is 1. The number of hydrogen-bond donors (Lipinski definition) is 0. The summed E-state index contributed by atoms with van der Waals surface area (Å²) >= 11 is 0. The number of ketones is 1. The van der Waals surface area contributed by atoms with Gasteiger partial charge in [0.25, 0.3) is 0 Å². The monoisotopic (exact) mass is 233 g/mol. The molecule has 0 fully saturated rings. The van der Waals surface area contributed by atoms with Gasteiger partial charge in [-0.2, -0.15) is 0 Å². The van der Waals surface area contributed by atoms with Crippen LogP contribution in [0.2, 0.25) is 0 Å². The zero-order valence-corrected chi connectivity index (χ0v) is 9.52. The molecule has 1 aromatic carbocycles. The van der Waals surface area contributed by atoms with Gasteiger partial charge in [-0.3, -0.25) is 9.59 Å². The van der Waals surface area contributed by atoms with E-state index in [1.165, 1.54) is 31.1 Å². The maximum absolute atomic E-state index is 11.6. The third-order valence-electron chi connectivity index (χ3n) is 2.69. The fraction of sp³-hybridized carbons (Fsp3) is 0.250. The van der Waals surface area contributed by atoms with E-state index in [0.29, 0.717) is 16.8 Å². The number of Topliss-reactive ketones (excluding diaryl/α,β-unsaturated/α-hetero) is 1. The predicted molar refractivity (Wildman–Crippen MR) is 60.1 cm³/mol. The number of ether oxygens (including phenoxy) is 1. The summed E-state index contributed by atoms with van der Waals surface area (Å²) in [6.07, 6.45) is 0. The summed E-state index contributed by atoms with van der Waals surface area (Å²) in [6.45, 7) is 1.42. The number of nitrogens with zero attached hydrogens (tertiary/aromatic N) is 1. The summed E-state index contributed by atoms with van der Waals surface area (Å²) < 4.78 is 4.59. The van der Waals surface area contributed by atoms with Crippen LogP contribution in [0.1, 0.15) is 27.6 Å². The average molecular weight is 233 g/mol. The van der Waals surface area contributed by atoms with Crippen LogP contribution in [0.25, 0.3) is 0 Å². The van der Waals surface area contributed by atoms with Gasteiger partial charge in [0.15, 0.2) is 5.78 Å². The van der Waals surface area contributed by atoms with Gasteiger partial charge in [0, 0.05) is 12.5 Å². The molecule has 0 unspecified atom stereocenters. The molecule has 88 valence electrons. The number of anilines is 1. The van der Waals surface area contributed by atoms with Crippen LogP contribution in [0, 0.1) is 0 Å². The van der Waals surface area contributed by atoms with E-state index in [1.54, 1.807) is 6.07 Å². The second kappa shape index (κ2) is 4.01. The van der Waals surface area contributed by atoms with Crippen LogP contribution < -0.4 is 4.90 Å². The summed E-state index contributed by atoms with van der Waals surface area (Å²) in [5.41, 5.74) is 1.27. The van der Waals surface area contributed by atoms with Crippen LogP contribution in [0.5, 0.6) is 0 Å². The predicted octanol–water partition coefficient (Wildman–Crippen LogP) is 1.02. The highest BCUT2D eigenvalue weighted by atomic mass is 16.5. The molecule has 2 rings (SSSR count). The molecule has 0 bridgehead atoms. The first kappa shape index (κ1) is 11.3. The lowest BCUT2D eigenvalue weighted by molar-refractivity contribution is -0.116. The number of rotatable bonds is 1. The molecule has 0 aliphatic carbocycles. The van der Waals surface area contributed by atoms with Crippen molar-refractivity contribution in [3.05, 3.63) is 29.3 Å². The third-order valence-corrected chi connectivity index (χ3v) is 2.69. The number of hydrogen-bond acceptors (Lipinski definition) is 4. The average Bonchev–Trinajstić information content (AvgIpc) is 2.65. The zero-order valence-electron chi connectivity index (χ0n) is 9.52. The Labute approximate surface area is 98.0 Å². The fourth-order valence-corrected chi connectivity index (χ4v) is 1.83. The Balaban J connectivity index is 2.50. The largest absolute Gasteiger partial charge is 0.465 e. The molecule has 0 saturated carbocycles. The summed E-state index contributed by atoms with van der Waals surface area (Å²) in [6, 6.07) is 4.58. The van der Waals surface area contributed by atoms with Gasteiger partial charge in [-0.1, -0.05) is 0 Å². The molecule has 1 amide bonds. The lowest BCUT2D eigenvalue weighted by atomic mass is 10.1. The van der Waals surface area contributed by atoms with Crippen molar-refractivity contribution in [2.45, 2.75) is 6.92 Å². The molecule has 5 nitrogen and oxygen atoms in total. The van der Waals surface area contributed by atoms with Gasteiger partial charge in [-0.25, -0.2) is 4.79 Å². The Bertz CT molecular complexity index is 521. The number of esters is 1. The first-order chi connectivity index (χ1) is 8.04. The van der Waals surface area contributed by atoms with Crippen LogP contribution in [0.3, 0.4) is 0 Å². The van der Waals surface area contributed by atoms with Crippen LogP contribution in [0.15, 0.2) is 18.2 Å². The van der Waals surface area contributed by atoms with Crippen molar-refractivity contribution >= 4 is 23.3 Å². The van der Waals surface area contributed by atoms with Gasteiger partial charge in [0.05, 0.1) is 24.9 Å². The van der Waals surface area contributed by atoms with E-state index in [4.69, 9.17) is 0 Å². The van der Waals surface area contributed by atoms with E-state index < -0.39 is 5.97 Å². The number of carbonyl (C=O) groups excluding carboxylic acids is 3. The van der Waals surface area contributed by atoms with Crippen molar-refractivity contribution in [3.8, 4) is 0 Å². The molecule has 17 heavy (non-hydrogen) atoms. The highest BCUT2D eigenvalue weighted by Gasteiger charge is 2.29. The second-order valence-corrected chi connectivity index (χ2v) is 3.75. The second-order valence-electron chi connectivity index (χ2n) is 3.75. The van der Waals surface area contributed by atoms with Gasteiger partial charge in [-0.15, -0.1) is 0 Å². The minimum Gasteiger partial charge on any atom is -0.465 e. The van der Waals surface area contributed by atoms with E-state index in [9.17, 15) is 14.4 Å². The molecule has 0 radical (unpaired) electrons. The lowest BCUT2D eigenvalue weighted by Gasteiger charge is -2.13. The van der Waals surface area contributed by atoms with Gasteiger partial charge >= 0.3 is 5.97 Å². The van der Waals surface area contributed by atoms with E-state index >= 15 is 0 Å². The molecule has 0 atom stereocenters. The Morgan fingerprint density at radius 1 is 1.35 bits per heavy atom. The molecule has 1 aromatic rings. The molecule has 0 aromatic heterocycles. The Morgan fingerprint density at radius 2 is 2.06 bits per heavy atom. The van der Waals surface area contributed by atoms with Gasteiger partial charge < -0.3 is 9.64 Å². The van der Waals surface area contributed by atoms with Crippen LogP contribution in [-0.4, -0.2) is 31.3 Å². The van der Waals surface area contributed by atoms with E-state index in [-0.39, 0.29) is 18.2 Å². The third kappa shape index (κ3) is 1.80. The molecular weight excluding hydrogens is 222 g/mol. The summed E-state index contributed by atoms with van der Waals surface area (Å²) in [7, 11) is 1.28. The van der Waals surface area contributed by atoms with Crippen LogP contribution in [0.4, 0.5) is 5.69 Å². The van der Waals surface area contributed by atoms with Crippen molar-refractivity contribution < 1.29 is 19.1 Å². The van der Waals surface area contributed by atoms with Crippen molar-refractivity contribution in [2.24, 2.45) is 0 Å². The van der Waals surface area contributed by atoms with E-state index in [2.05, 4.69) is 4.74 Å². The molecule has 0 spiro atoms. The number of methoxy groups -OCH3 is 1. The first-order valence-corrected chi connectivity index (χ1v) is 5.08. The van der Waals surface area contributed by atoms with E-state index in [0.717, 1.165) is 0 Å². The molecule has 1 heterocycles. The molecule has 0 saturated heterocycles. The van der Waals surface area contributed by atoms with E-state index in [1.807, 2.05) is 0 Å². The number of carbonyl (C=O) groups is 3. The maximum Gasteiger partial charge on any atom is 0.337 e. The Kier molecular flexibility index (Phi) is 2.67. The SMILES string of the molecule is COC(=O)c1ccc2c(c1)N(C(C)=O)CC2=O. The van der Waals surface area contributed by atoms with Crippen LogP contribution in [-0.2, 0) is 9.53 Å². The molecule has 0 N–H and O–H groups in total. The highest BCUT2D eigenvalue weighted by Crippen LogP contribution is 2.29. The van der Waals surface area contributed by atoms with Gasteiger partial charge in [-0.05, 0) is 18.2 Å². The van der Waals surface area contributed by atoms with Gasteiger partial charge in [0.2, 0.25) is 5.91 Å². The smallest absolute Gasteiger partial charge is 0.337 e. The number of benzene rings is 1.